The van der Waals surface area contributed by atoms with Gasteiger partial charge in [0.1, 0.15) is 0 Å². The van der Waals surface area contributed by atoms with Crippen LogP contribution in [-0.2, 0) is 6.42 Å². The SMILES string of the molecule is CCCc1ccc(-c2ccc(-c3ccc(-c4cccs4)s3)cc2)cc1. The molecule has 124 valence electrons. The fourth-order valence-electron chi connectivity index (χ4n) is 3.02. The van der Waals surface area contributed by atoms with Crippen molar-refractivity contribution in [2.24, 2.45) is 0 Å². The van der Waals surface area contributed by atoms with Crippen LogP contribution in [0.2, 0.25) is 0 Å². The molecule has 0 aliphatic rings. The third-order valence-corrected chi connectivity index (χ3v) is 6.57. The number of rotatable bonds is 5. The molecular weight excluding hydrogens is 340 g/mol. The third-order valence-electron chi connectivity index (χ3n) is 4.37. The van der Waals surface area contributed by atoms with E-state index in [1.54, 1.807) is 11.3 Å². The van der Waals surface area contributed by atoms with E-state index in [4.69, 9.17) is 0 Å². The third kappa shape index (κ3) is 3.60. The van der Waals surface area contributed by atoms with E-state index in [2.05, 4.69) is 85.1 Å². The van der Waals surface area contributed by atoms with Crippen molar-refractivity contribution in [1.29, 1.82) is 0 Å². The maximum absolute atomic E-state index is 2.25. The molecule has 0 aliphatic carbocycles. The van der Waals surface area contributed by atoms with Crippen LogP contribution in [0.15, 0.2) is 78.2 Å². The Bertz CT molecular complexity index is 927. The Balaban J connectivity index is 1.55. The molecule has 2 aromatic carbocycles. The molecule has 4 aromatic rings. The first-order valence-corrected chi connectivity index (χ1v) is 10.4. The number of benzene rings is 2. The van der Waals surface area contributed by atoms with Crippen molar-refractivity contribution < 1.29 is 0 Å². The monoisotopic (exact) mass is 360 g/mol. The quantitative estimate of drug-likeness (QED) is 0.341. The highest BCUT2D eigenvalue weighted by Gasteiger charge is 2.06. The summed E-state index contributed by atoms with van der Waals surface area (Å²) in [7, 11) is 0. The van der Waals surface area contributed by atoms with Crippen LogP contribution < -0.4 is 0 Å². The Morgan fingerprint density at radius 2 is 1.28 bits per heavy atom. The summed E-state index contributed by atoms with van der Waals surface area (Å²) in [5, 5.41) is 2.13. The molecule has 25 heavy (non-hydrogen) atoms. The number of hydrogen-bond donors (Lipinski definition) is 0. The molecular formula is C23H20S2. The van der Waals surface area contributed by atoms with Gasteiger partial charge in [0.2, 0.25) is 0 Å². The molecule has 0 nitrogen and oxygen atoms in total. The molecule has 0 unspecified atom stereocenters. The second-order valence-corrected chi connectivity index (χ2v) is 8.20. The largest absolute Gasteiger partial charge is 0.143 e. The molecule has 2 heteroatoms. The van der Waals surface area contributed by atoms with Gasteiger partial charge >= 0.3 is 0 Å². The minimum absolute atomic E-state index is 1.16. The smallest absolute Gasteiger partial charge is 0.0449 e. The molecule has 0 N–H and O–H groups in total. The van der Waals surface area contributed by atoms with E-state index in [9.17, 15) is 0 Å². The molecule has 0 spiro atoms. The average Bonchev–Trinajstić information content (AvgIpc) is 3.34. The van der Waals surface area contributed by atoms with Crippen LogP contribution in [0.5, 0.6) is 0 Å². The molecule has 0 atom stereocenters. The second kappa shape index (κ2) is 7.38. The van der Waals surface area contributed by atoms with Gasteiger partial charge in [0, 0.05) is 14.6 Å². The standard InChI is InChI=1S/C23H20S2/c1-2-4-17-6-8-18(9-7-17)19-10-12-20(13-11-19)21-14-15-23(25-21)22-5-3-16-24-22/h3,5-16H,2,4H2,1H3. The first-order chi connectivity index (χ1) is 12.3. The number of hydrogen-bond acceptors (Lipinski definition) is 2. The fraction of sp³-hybridized carbons (Fsp3) is 0.130. The summed E-state index contributed by atoms with van der Waals surface area (Å²) >= 11 is 3.66. The number of thiophene rings is 2. The van der Waals surface area contributed by atoms with Gasteiger partial charge in [-0.15, -0.1) is 22.7 Å². The average molecular weight is 361 g/mol. The molecule has 0 amide bonds. The Morgan fingerprint density at radius 3 is 1.92 bits per heavy atom. The van der Waals surface area contributed by atoms with Gasteiger partial charge in [-0.1, -0.05) is 67.9 Å². The lowest BCUT2D eigenvalue weighted by atomic mass is 10.0. The van der Waals surface area contributed by atoms with Crippen molar-refractivity contribution >= 4 is 22.7 Å². The van der Waals surface area contributed by atoms with Gasteiger partial charge in [-0.2, -0.15) is 0 Å². The zero-order valence-electron chi connectivity index (χ0n) is 14.2. The summed E-state index contributed by atoms with van der Waals surface area (Å²) in [4.78, 5) is 4.02. The van der Waals surface area contributed by atoms with Crippen molar-refractivity contribution in [3.8, 4) is 31.3 Å². The van der Waals surface area contributed by atoms with Crippen LogP contribution in [0.25, 0.3) is 31.3 Å². The summed E-state index contributed by atoms with van der Waals surface area (Å²) < 4.78 is 0. The highest BCUT2D eigenvalue weighted by molar-refractivity contribution is 7.23. The lowest BCUT2D eigenvalue weighted by Crippen LogP contribution is -1.83. The fourth-order valence-corrected chi connectivity index (χ4v) is 4.87. The van der Waals surface area contributed by atoms with Crippen molar-refractivity contribution in [2.45, 2.75) is 19.8 Å². The highest BCUT2D eigenvalue weighted by Crippen LogP contribution is 2.37. The van der Waals surface area contributed by atoms with Crippen molar-refractivity contribution in [2.75, 3.05) is 0 Å². The Kier molecular flexibility index (Phi) is 4.82. The zero-order valence-corrected chi connectivity index (χ0v) is 15.9. The van der Waals surface area contributed by atoms with E-state index in [1.165, 1.54) is 43.3 Å². The predicted octanol–water partition coefficient (Wildman–Crippen LogP) is 7.76. The van der Waals surface area contributed by atoms with Crippen LogP contribution >= 0.6 is 22.7 Å². The van der Waals surface area contributed by atoms with Crippen LogP contribution in [-0.4, -0.2) is 0 Å². The molecule has 2 aromatic heterocycles. The Morgan fingerprint density at radius 1 is 0.640 bits per heavy atom. The predicted molar refractivity (Wildman–Crippen MR) is 112 cm³/mol. The molecule has 0 bridgehead atoms. The lowest BCUT2D eigenvalue weighted by Gasteiger charge is -2.05. The molecule has 0 radical (unpaired) electrons. The van der Waals surface area contributed by atoms with Gasteiger partial charge in [0.25, 0.3) is 0 Å². The molecule has 2 heterocycles. The van der Waals surface area contributed by atoms with Crippen molar-refractivity contribution in [3.63, 3.8) is 0 Å². The van der Waals surface area contributed by atoms with Crippen LogP contribution in [0.3, 0.4) is 0 Å². The summed E-state index contributed by atoms with van der Waals surface area (Å²) in [5.74, 6) is 0. The normalized spacial score (nSPS) is 10.9. The zero-order chi connectivity index (χ0) is 17.1. The van der Waals surface area contributed by atoms with Gasteiger partial charge in [-0.3, -0.25) is 0 Å². The molecule has 0 saturated heterocycles. The van der Waals surface area contributed by atoms with Crippen LogP contribution in [0.4, 0.5) is 0 Å². The topological polar surface area (TPSA) is 0 Å². The maximum atomic E-state index is 2.25. The molecule has 0 fully saturated rings. The summed E-state index contributed by atoms with van der Waals surface area (Å²) in [6, 6.07) is 26.7. The highest BCUT2D eigenvalue weighted by atomic mass is 32.1. The van der Waals surface area contributed by atoms with Crippen molar-refractivity contribution in [1.82, 2.24) is 0 Å². The van der Waals surface area contributed by atoms with Gasteiger partial charge in [0.15, 0.2) is 0 Å². The van der Waals surface area contributed by atoms with E-state index in [-0.39, 0.29) is 0 Å². The van der Waals surface area contributed by atoms with Gasteiger partial charge < -0.3 is 0 Å². The van der Waals surface area contributed by atoms with E-state index < -0.39 is 0 Å². The Hall–Kier alpha value is -2.16. The summed E-state index contributed by atoms with van der Waals surface area (Å²) in [6.07, 6.45) is 2.35. The summed E-state index contributed by atoms with van der Waals surface area (Å²) in [6.45, 7) is 2.22. The minimum Gasteiger partial charge on any atom is -0.143 e. The maximum Gasteiger partial charge on any atom is 0.0449 e. The molecule has 0 aliphatic heterocycles. The Labute approximate surface area is 157 Å². The van der Waals surface area contributed by atoms with Crippen LogP contribution in [0, 0.1) is 0 Å². The first-order valence-electron chi connectivity index (χ1n) is 8.67. The molecule has 4 rings (SSSR count). The minimum atomic E-state index is 1.16. The van der Waals surface area contributed by atoms with E-state index in [1.807, 2.05) is 11.3 Å². The van der Waals surface area contributed by atoms with Gasteiger partial charge in [0.05, 0.1) is 0 Å². The first kappa shape index (κ1) is 16.3. The van der Waals surface area contributed by atoms with Crippen LogP contribution in [0.1, 0.15) is 18.9 Å². The summed E-state index contributed by atoms with van der Waals surface area (Å²) in [5.41, 5.74) is 5.28. The lowest BCUT2D eigenvalue weighted by molar-refractivity contribution is 0.922. The van der Waals surface area contributed by atoms with Gasteiger partial charge in [-0.25, -0.2) is 0 Å². The van der Waals surface area contributed by atoms with E-state index >= 15 is 0 Å². The second-order valence-electron chi connectivity index (χ2n) is 6.17. The van der Waals surface area contributed by atoms with Crippen molar-refractivity contribution in [3.05, 3.63) is 83.7 Å². The van der Waals surface area contributed by atoms with E-state index in [0.29, 0.717) is 0 Å². The van der Waals surface area contributed by atoms with Gasteiger partial charge in [-0.05, 0) is 52.3 Å². The number of aryl methyl sites for hydroxylation is 1. The molecule has 0 saturated carbocycles. The van der Waals surface area contributed by atoms with E-state index in [0.717, 1.165) is 6.42 Å².